The van der Waals surface area contributed by atoms with Crippen molar-refractivity contribution in [3.63, 3.8) is 0 Å². The molecule has 0 aromatic carbocycles. The largest absolute Gasteiger partial charge is 0.387 e. The molecule has 2 atom stereocenters. The van der Waals surface area contributed by atoms with Crippen molar-refractivity contribution < 1.29 is 9.84 Å². The minimum atomic E-state index is -0.496. The Labute approximate surface area is 106 Å². The predicted octanol–water partition coefficient (Wildman–Crippen LogP) is 1.98. The fourth-order valence-corrected chi connectivity index (χ4v) is 2.87. The molecule has 1 aliphatic heterocycles. The number of aliphatic hydroxyl groups excluding tert-OH is 1. The summed E-state index contributed by atoms with van der Waals surface area (Å²) in [6, 6.07) is 0.539. The van der Waals surface area contributed by atoms with E-state index in [1.54, 1.807) is 18.3 Å². The maximum atomic E-state index is 9.47. The van der Waals surface area contributed by atoms with Gasteiger partial charge in [-0.3, -0.25) is 4.90 Å². The Kier molecular flexibility index (Phi) is 4.14. The monoisotopic (exact) mass is 256 g/mol. The van der Waals surface area contributed by atoms with Gasteiger partial charge >= 0.3 is 0 Å². The van der Waals surface area contributed by atoms with E-state index in [2.05, 4.69) is 23.7 Å². The Morgan fingerprint density at radius 1 is 1.53 bits per heavy atom. The third-order valence-corrected chi connectivity index (χ3v) is 4.03. The number of nitrogens with zero attached hydrogens (tertiary/aromatic N) is 2. The summed E-state index contributed by atoms with van der Waals surface area (Å²) < 4.78 is 5.76. The van der Waals surface area contributed by atoms with E-state index >= 15 is 0 Å². The lowest BCUT2D eigenvalue weighted by Gasteiger charge is -2.34. The summed E-state index contributed by atoms with van der Waals surface area (Å²) in [5.41, 5.74) is 0.746. The van der Waals surface area contributed by atoms with Crippen LogP contribution in [0, 0.1) is 0 Å². The van der Waals surface area contributed by atoms with Crippen LogP contribution in [0.4, 0.5) is 0 Å². The summed E-state index contributed by atoms with van der Waals surface area (Å²) >= 11 is 1.58. The molecule has 5 heteroatoms. The molecular weight excluding hydrogens is 236 g/mol. The van der Waals surface area contributed by atoms with Crippen LogP contribution in [0.3, 0.4) is 0 Å². The van der Waals surface area contributed by atoms with Gasteiger partial charge in [-0.05, 0) is 20.8 Å². The molecule has 96 valence electrons. The first-order valence-corrected chi connectivity index (χ1v) is 6.95. The SMILES string of the molecule is CC(O)c1csc(C2CN(C(C)C)CCO2)n1. The average Bonchev–Trinajstić information content (AvgIpc) is 2.78. The van der Waals surface area contributed by atoms with Crippen molar-refractivity contribution in [2.24, 2.45) is 0 Å². The highest BCUT2D eigenvalue weighted by molar-refractivity contribution is 7.09. The Morgan fingerprint density at radius 3 is 2.88 bits per heavy atom. The van der Waals surface area contributed by atoms with Gasteiger partial charge in [0, 0.05) is 24.5 Å². The van der Waals surface area contributed by atoms with E-state index in [1.807, 2.05) is 5.38 Å². The highest BCUT2D eigenvalue weighted by Crippen LogP contribution is 2.27. The summed E-state index contributed by atoms with van der Waals surface area (Å²) in [6.45, 7) is 8.78. The van der Waals surface area contributed by atoms with Crippen LogP contribution in [0.2, 0.25) is 0 Å². The van der Waals surface area contributed by atoms with E-state index in [4.69, 9.17) is 4.74 Å². The minimum absolute atomic E-state index is 0.0589. The van der Waals surface area contributed by atoms with Crippen molar-refractivity contribution >= 4 is 11.3 Å². The van der Waals surface area contributed by atoms with E-state index in [0.717, 1.165) is 30.4 Å². The van der Waals surface area contributed by atoms with Crippen molar-refractivity contribution in [2.45, 2.75) is 39.0 Å². The van der Waals surface area contributed by atoms with Crippen molar-refractivity contribution in [1.82, 2.24) is 9.88 Å². The zero-order valence-electron chi connectivity index (χ0n) is 10.6. The molecule has 1 aliphatic rings. The van der Waals surface area contributed by atoms with Crippen molar-refractivity contribution in [3.05, 3.63) is 16.1 Å². The second kappa shape index (κ2) is 5.44. The lowest BCUT2D eigenvalue weighted by molar-refractivity contribution is -0.0404. The Morgan fingerprint density at radius 2 is 2.29 bits per heavy atom. The van der Waals surface area contributed by atoms with E-state index in [1.165, 1.54) is 0 Å². The zero-order chi connectivity index (χ0) is 12.4. The number of ether oxygens (including phenoxy) is 1. The first-order valence-electron chi connectivity index (χ1n) is 6.07. The molecule has 0 spiro atoms. The Hall–Kier alpha value is -0.490. The Balaban J connectivity index is 2.05. The van der Waals surface area contributed by atoms with Gasteiger partial charge in [0.25, 0.3) is 0 Å². The van der Waals surface area contributed by atoms with Gasteiger partial charge in [0.05, 0.1) is 18.4 Å². The fourth-order valence-electron chi connectivity index (χ4n) is 1.93. The molecule has 0 aliphatic carbocycles. The highest BCUT2D eigenvalue weighted by atomic mass is 32.1. The lowest BCUT2D eigenvalue weighted by Crippen LogP contribution is -2.42. The van der Waals surface area contributed by atoms with E-state index in [-0.39, 0.29) is 6.10 Å². The van der Waals surface area contributed by atoms with Crippen LogP contribution < -0.4 is 0 Å². The summed E-state index contributed by atoms with van der Waals surface area (Å²) in [5.74, 6) is 0. The topological polar surface area (TPSA) is 45.6 Å². The zero-order valence-corrected chi connectivity index (χ0v) is 11.4. The molecule has 1 fully saturated rings. The van der Waals surface area contributed by atoms with E-state index in [0.29, 0.717) is 6.04 Å². The average molecular weight is 256 g/mol. The second-order valence-electron chi connectivity index (χ2n) is 4.73. The van der Waals surface area contributed by atoms with Crippen LogP contribution in [0.1, 0.15) is 43.7 Å². The molecule has 2 unspecified atom stereocenters. The van der Waals surface area contributed by atoms with Gasteiger partial charge in [-0.25, -0.2) is 4.98 Å². The molecule has 4 nitrogen and oxygen atoms in total. The van der Waals surface area contributed by atoms with Crippen molar-refractivity contribution in [3.8, 4) is 0 Å². The van der Waals surface area contributed by atoms with Gasteiger partial charge in [-0.1, -0.05) is 0 Å². The maximum Gasteiger partial charge on any atom is 0.123 e. The first kappa shape index (κ1) is 13.0. The molecule has 1 aromatic heterocycles. The molecule has 0 bridgehead atoms. The van der Waals surface area contributed by atoms with Crippen molar-refractivity contribution in [1.29, 1.82) is 0 Å². The molecule has 2 heterocycles. The van der Waals surface area contributed by atoms with Gasteiger partial charge < -0.3 is 9.84 Å². The Bertz CT molecular complexity index is 365. The van der Waals surface area contributed by atoms with E-state index < -0.39 is 6.10 Å². The molecule has 2 rings (SSSR count). The number of morpholine rings is 1. The van der Waals surface area contributed by atoms with Crippen LogP contribution in [0.15, 0.2) is 5.38 Å². The number of aromatic nitrogens is 1. The highest BCUT2D eigenvalue weighted by Gasteiger charge is 2.26. The van der Waals surface area contributed by atoms with Gasteiger partial charge in [-0.2, -0.15) is 0 Å². The number of thiazole rings is 1. The summed E-state index contributed by atoms with van der Waals surface area (Å²) in [4.78, 5) is 6.84. The van der Waals surface area contributed by atoms with Crippen LogP contribution in [-0.4, -0.2) is 40.7 Å². The number of aliphatic hydroxyl groups is 1. The predicted molar refractivity (Wildman–Crippen MR) is 68.1 cm³/mol. The number of hydrogen-bond donors (Lipinski definition) is 1. The van der Waals surface area contributed by atoms with Gasteiger partial charge in [0.1, 0.15) is 11.1 Å². The van der Waals surface area contributed by atoms with Crippen molar-refractivity contribution in [2.75, 3.05) is 19.7 Å². The van der Waals surface area contributed by atoms with Crippen LogP contribution in [0.5, 0.6) is 0 Å². The molecule has 1 aromatic rings. The first-order chi connectivity index (χ1) is 8.08. The van der Waals surface area contributed by atoms with Gasteiger partial charge in [-0.15, -0.1) is 11.3 Å². The molecule has 0 radical (unpaired) electrons. The number of hydrogen-bond acceptors (Lipinski definition) is 5. The molecule has 17 heavy (non-hydrogen) atoms. The maximum absolute atomic E-state index is 9.47. The molecular formula is C12H20N2O2S. The number of rotatable bonds is 3. The van der Waals surface area contributed by atoms with Gasteiger partial charge in [0.2, 0.25) is 0 Å². The smallest absolute Gasteiger partial charge is 0.123 e. The van der Waals surface area contributed by atoms with Crippen LogP contribution in [-0.2, 0) is 4.74 Å². The third-order valence-electron chi connectivity index (χ3n) is 3.07. The molecule has 0 saturated carbocycles. The summed E-state index contributed by atoms with van der Waals surface area (Å²) in [5, 5.41) is 12.4. The molecule has 0 amide bonds. The normalized spacial score (nSPS) is 24.2. The molecule has 1 N–H and O–H groups in total. The van der Waals surface area contributed by atoms with Gasteiger partial charge in [0.15, 0.2) is 0 Å². The second-order valence-corrected chi connectivity index (χ2v) is 5.62. The summed E-state index contributed by atoms with van der Waals surface area (Å²) in [6.07, 6.45) is -0.437. The third kappa shape index (κ3) is 3.04. The van der Waals surface area contributed by atoms with Crippen LogP contribution >= 0.6 is 11.3 Å². The van der Waals surface area contributed by atoms with E-state index in [9.17, 15) is 5.11 Å². The van der Waals surface area contributed by atoms with Crippen LogP contribution in [0.25, 0.3) is 0 Å². The quantitative estimate of drug-likeness (QED) is 0.898. The summed E-state index contributed by atoms with van der Waals surface area (Å²) in [7, 11) is 0. The fraction of sp³-hybridized carbons (Fsp3) is 0.750. The minimum Gasteiger partial charge on any atom is -0.387 e. The standard InChI is InChI=1S/C12H20N2O2S/c1-8(2)14-4-5-16-11(6-14)12-13-10(7-17-12)9(3)15/h7-9,11,15H,4-6H2,1-3H3. The lowest BCUT2D eigenvalue weighted by atomic mass is 10.2. The molecule has 1 saturated heterocycles.